The molecular formula is C51H29N5O. The molecule has 4 aromatic heterocycles. The van der Waals surface area contributed by atoms with Crippen molar-refractivity contribution in [3.63, 3.8) is 0 Å². The van der Waals surface area contributed by atoms with Crippen molar-refractivity contribution in [3.05, 3.63) is 181 Å². The number of para-hydroxylation sites is 6. The number of benzene rings is 8. The van der Waals surface area contributed by atoms with Crippen LogP contribution in [0.3, 0.4) is 0 Å². The van der Waals surface area contributed by atoms with Gasteiger partial charge in [0, 0.05) is 43.7 Å². The van der Waals surface area contributed by atoms with Crippen molar-refractivity contribution < 1.29 is 4.42 Å². The minimum atomic E-state index is 0.525. The highest BCUT2D eigenvalue weighted by Gasteiger charge is 2.28. The van der Waals surface area contributed by atoms with Crippen molar-refractivity contribution in [2.45, 2.75) is 0 Å². The maximum Gasteiger partial charge on any atom is 0.146 e. The number of hydrogen-bond donors (Lipinski definition) is 0. The summed E-state index contributed by atoms with van der Waals surface area (Å²) in [6.07, 6.45) is 0. The molecule has 0 saturated carbocycles. The molecule has 0 radical (unpaired) electrons. The summed E-state index contributed by atoms with van der Waals surface area (Å²) >= 11 is 0. The number of fused-ring (bicyclic) bond motifs is 13. The molecule has 0 spiro atoms. The molecule has 0 amide bonds. The number of aromatic nitrogens is 4. The molecule has 0 aliphatic rings. The van der Waals surface area contributed by atoms with E-state index in [4.69, 9.17) is 14.4 Å². The van der Waals surface area contributed by atoms with Gasteiger partial charge in [-0.1, -0.05) is 121 Å². The van der Waals surface area contributed by atoms with Crippen LogP contribution in [0.1, 0.15) is 5.56 Å². The van der Waals surface area contributed by atoms with Crippen LogP contribution in [0, 0.1) is 11.3 Å². The maximum absolute atomic E-state index is 11.1. The fraction of sp³-hybridized carbons (Fsp3) is 0. The van der Waals surface area contributed by atoms with E-state index < -0.39 is 0 Å². The van der Waals surface area contributed by atoms with E-state index in [1.165, 1.54) is 0 Å². The molecule has 6 nitrogen and oxygen atoms in total. The van der Waals surface area contributed by atoms with Crippen LogP contribution < -0.4 is 0 Å². The van der Waals surface area contributed by atoms with Crippen LogP contribution in [-0.4, -0.2) is 19.1 Å². The lowest BCUT2D eigenvalue weighted by atomic mass is 10.0. The lowest BCUT2D eigenvalue weighted by Crippen LogP contribution is -2.02. The SMILES string of the molecule is N#Cc1cc(-c2nc3ccccc3nc2-c2ccccc2)ccc1-n1c2ccccc2c2c3c4ccccc4oc3c3c4ccccc4n(-c4ccccc4)c3c21. The van der Waals surface area contributed by atoms with Crippen molar-refractivity contribution in [1.82, 2.24) is 19.1 Å². The van der Waals surface area contributed by atoms with Crippen LogP contribution in [-0.2, 0) is 0 Å². The Morgan fingerprint density at radius 1 is 0.474 bits per heavy atom. The summed E-state index contributed by atoms with van der Waals surface area (Å²) in [4.78, 5) is 10.3. The van der Waals surface area contributed by atoms with Crippen molar-refractivity contribution >= 4 is 76.6 Å². The van der Waals surface area contributed by atoms with E-state index in [0.717, 1.165) is 110 Å². The second-order valence-electron chi connectivity index (χ2n) is 14.4. The molecule has 0 unspecified atom stereocenters. The molecule has 0 aliphatic heterocycles. The Bertz CT molecular complexity index is 3640. The number of hydrogen-bond acceptors (Lipinski definition) is 4. The Kier molecular flexibility index (Phi) is 6.60. The molecule has 0 saturated heterocycles. The number of nitriles is 1. The summed E-state index contributed by atoms with van der Waals surface area (Å²) in [6.45, 7) is 0. The van der Waals surface area contributed by atoms with Crippen molar-refractivity contribution in [3.8, 4) is 40.0 Å². The molecule has 0 aliphatic carbocycles. The Morgan fingerprint density at radius 3 is 1.75 bits per heavy atom. The van der Waals surface area contributed by atoms with Gasteiger partial charge in [0.05, 0.1) is 61.1 Å². The van der Waals surface area contributed by atoms with Gasteiger partial charge in [-0.25, -0.2) is 9.97 Å². The van der Waals surface area contributed by atoms with Crippen LogP contribution >= 0.6 is 0 Å². The zero-order valence-corrected chi connectivity index (χ0v) is 30.4. The van der Waals surface area contributed by atoms with E-state index >= 15 is 0 Å². The molecule has 4 heterocycles. The van der Waals surface area contributed by atoms with Crippen LogP contribution in [0.25, 0.3) is 110 Å². The van der Waals surface area contributed by atoms with Gasteiger partial charge in [0.15, 0.2) is 0 Å². The van der Waals surface area contributed by atoms with Crippen LogP contribution in [0.15, 0.2) is 180 Å². The molecule has 0 N–H and O–H groups in total. The molecule has 57 heavy (non-hydrogen) atoms. The minimum absolute atomic E-state index is 0.525. The van der Waals surface area contributed by atoms with Gasteiger partial charge in [0.25, 0.3) is 0 Å². The number of rotatable bonds is 4. The van der Waals surface area contributed by atoms with Crippen LogP contribution in [0.5, 0.6) is 0 Å². The molecule has 8 aromatic carbocycles. The number of nitrogens with zero attached hydrogens (tertiary/aromatic N) is 5. The first-order valence-electron chi connectivity index (χ1n) is 19.0. The topological polar surface area (TPSA) is 72.6 Å². The second kappa shape index (κ2) is 12.0. The van der Waals surface area contributed by atoms with E-state index in [0.29, 0.717) is 5.56 Å². The highest BCUT2D eigenvalue weighted by molar-refractivity contribution is 6.39. The summed E-state index contributed by atoms with van der Waals surface area (Å²) in [5.74, 6) is 0. The molecular weight excluding hydrogens is 699 g/mol. The molecule has 0 fully saturated rings. The van der Waals surface area contributed by atoms with E-state index in [2.05, 4.69) is 130 Å². The van der Waals surface area contributed by atoms with Crippen molar-refractivity contribution in [2.24, 2.45) is 0 Å². The van der Waals surface area contributed by atoms with Crippen LogP contribution in [0.4, 0.5) is 0 Å². The van der Waals surface area contributed by atoms with Crippen LogP contribution in [0.2, 0.25) is 0 Å². The van der Waals surface area contributed by atoms with Crippen molar-refractivity contribution in [1.29, 1.82) is 5.26 Å². The first kappa shape index (κ1) is 31.4. The van der Waals surface area contributed by atoms with Gasteiger partial charge in [-0.2, -0.15) is 5.26 Å². The highest BCUT2D eigenvalue weighted by Crippen LogP contribution is 2.49. The molecule has 0 atom stereocenters. The van der Waals surface area contributed by atoms with Gasteiger partial charge in [-0.3, -0.25) is 0 Å². The fourth-order valence-electron chi connectivity index (χ4n) is 8.94. The van der Waals surface area contributed by atoms with Gasteiger partial charge < -0.3 is 13.6 Å². The molecule has 6 heteroatoms. The monoisotopic (exact) mass is 727 g/mol. The molecule has 0 bridgehead atoms. The standard InChI is InChI=1S/C51H29N5O/c52-30-33-29-32(48-47(31-15-3-1-4-16-31)53-38-22-10-11-23-39(38)54-48)27-28-40(33)56-42-25-13-7-19-35(42)44-45-37-21-9-14-26-43(37)57-51(45)46-36-20-8-12-24-41(36)55(50(46)49(44)56)34-17-5-2-6-18-34/h1-29H. The average Bonchev–Trinajstić information content (AvgIpc) is 3.94. The largest absolute Gasteiger partial charge is 0.455 e. The summed E-state index contributed by atoms with van der Waals surface area (Å²) in [6, 6.07) is 62.7. The predicted octanol–water partition coefficient (Wildman–Crippen LogP) is 12.9. The minimum Gasteiger partial charge on any atom is -0.455 e. The third kappa shape index (κ3) is 4.45. The summed E-state index contributed by atoms with van der Waals surface area (Å²) < 4.78 is 11.5. The second-order valence-corrected chi connectivity index (χ2v) is 14.4. The zero-order valence-electron chi connectivity index (χ0n) is 30.4. The number of furan rings is 1. The first-order chi connectivity index (χ1) is 28.3. The lowest BCUT2D eigenvalue weighted by Gasteiger charge is -2.15. The van der Waals surface area contributed by atoms with E-state index in [-0.39, 0.29) is 0 Å². The summed E-state index contributed by atoms with van der Waals surface area (Å²) in [7, 11) is 0. The first-order valence-corrected chi connectivity index (χ1v) is 19.0. The smallest absolute Gasteiger partial charge is 0.146 e. The van der Waals surface area contributed by atoms with E-state index in [1.54, 1.807) is 0 Å². The van der Waals surface area contributed by atoms with Gasteiger partial charge in [-0.05, 0) is 54.6 Å². The Hall–Kier alpha value is -8.01. The Labute approximate surface area is 325 Å². The van der Waals surface area contributed by atoms with Gasteiger partial charge >= 0.3 is 0 Å². The summed E-state index contributed by atoms with van der Waals surface area (Å²) in [5.41, 5.74) is 13.0. The third-order valence-electron chi connectivity index (χ3n) is 11.3. The third-order valence-corrected chi connectivity index (χ3v) is 11.3. The quantitative estimate of drug-likeness (QED) is 0.181. The Morgan fingerprint density at radius 2 is 1.04 bits per heavy atom. The fourth-order valence-corrected chi connectivity index (χ4v) is 8.94. The maximum atomic E-state index is 11.1. The lowest BCUT2D eigenvalue weighted by molar-refractivity contribution is 0.673. The zero-order chi connectivity index (χ0) is 37.6. The molecule has 264 valence electrons. The molecule has 12 rings (SSSR count). The summed E-state index contributed by atoms with van der Waals surface area (Å²) in [5, 5.41) is 17.5. The Balaban J connectivity index is 1.25. The predicted molar refractivity (Wildman–Crippen MR) is 231 cm³/mol. The van der Waals surface area contributed by atoms with Gasteiger partial charge in [-0.15, -0.1) is 0 Å². The highest BCUT2D eigenvalue weighted by atomic mass is 16.3. The van der Waals surface area contributed by atoms with Gasteiger partial charge in [0.1, 0.15) is 17.2 Å². The average molecular weight is 728 g/mol. The van der Waals surface area contributed by atoms with E-state index in [1.807, 2.05) is 60.7 Å². The normalized spacial score (nSPS) is 11.8. The van der Waals surface area contributed by atoms with Crippen molar-refractivity contribution in [2.75, 3.05) is 0 Å². The van der Waals surface area contributed by atoms with E-state index in [9.17, 15) is 5.26 Å². The molecule has 12 aromatic rings. The van der Waals surface area contributed by atoms with Gasteiger partial charge in [0.2, 0.25) is 0 Å².